The summed E-state index contributed by atoms with van der Waals surface area (Å²) in [5, 5.41) is 7.94. The Bertz CT molecular complexity index is 1150. The first-order valence-corrected chi connectivity index (χ1v) is 8.57. The number of nitrogens with zero attached hydrogens (tertiary/aromatic N) is 7. The van der Waals surface area contributed by atoms with Gasteiger partial charge in [0.1, 0.15) is 16.2 Å². The quantitative estimate of drug-likeness (QED) is 0.453. The molecular formula is C16H11BrF3N7. The average Bonchev–Trinajstić information content (AvgIpc) is 3.00. The Balaban J connectivity index is 2.07. The van der Waals surface area contributed by atoms with E-state index in [9.17, 15) is 13.2 Å². The molecule has 7 nitrogen and oxygen atoms in total. The summed E-state index contributed by atoms with van der Waals surface area (Å²) in [4.78, 5) is 13.4. The molecule has 0 aliphatic heterocycles. The molecule has 27 heavy (non-hydrogen) atoms. The highest BCUT2D eigenvalue weighted by Crippen LogP contribution is 2.34. The van der Waals surface area contributed by atoms with Crippen molar-refractivity contribution in [3.8, 4) is 0 Å². The Hall–Kier alpha value is -2.82. The molecule has 0 radical (unpaired) electrons. The molecule has 0 aromatic carbocycles. The molecule has 0 spiro atoms. The number of rotatable bonds is 4. The average molecular weight is 438 g/mol. The Morgan fingerprint density at radius 3 is 2.81 bits per heavy atom. The van der Waals surface area contributed by atoms with Gasteiger partial charge in [0.25, 0.3) is 12.2 Å². The fourth-order valence-corrected chi connectivity index (χ4v) is 3.23. The molecule has 4 aromatic heterocycles. The number of alkyl halides is 2. The molecule has 0 saturated heterocycles. The van der Waals surface area contributed by atoms with E-state index in [2.05, 4.69) is 41.1 Å². The fourth-order valence-electron chi connectivity index (χ4n) is 2.88. The summed E-state index contributed by atoms with van der Waals surface area (Å²) in [6, 6.07) is 3.09. The first-order valence-electron chi connectivity index (χ1n) is 7.78. The number of pyridine rings is 2. The summed E-state index contributed by atoms with van der Waals surface area (Å²) >= 11 is 3.22. The Morgan fingerprint density at radius 2 is 2.07 bits per heavy atom. The Labute approximate surface area is 159 Å². The highest BCUT2D eigenvalue weighted by Gasteiger charge is 2.24. The number of fused-ring (bicyclic) bond motifs is 3. The zero-order chi connectivity index (χ0) is 19.1. The number of hydrogen-bond donors (Lipinski definition) is 0. The van der Waals surface area contributed by atoms with E-state index in [0.29, 0.717) is 21.6 Å². The lowest BCUT2D eigenvalue weighted by Gasteiger charge is -2.25. The van der Waals surface area contributed by atoms with Crippen LogP contribution in [0.3, 0.4) is 0 Å². The maximum atomic E-state index is 14.7. The van der Waals surface area contributed by atoms with Crippen molar-refractivity contribution in [3.63, 3.8) is 0 Å². The summed E-state index contributed by atoms with van der Waals surface area (Å²) in [5.74, 6) is -0.0381. The van der Waals surface area contributed by atoms with Crippen LogP contribution in [0.2, 0.25) is 0 Å². The van der Waals surface area contributed by atoms with Crippen molar-refractivity contribution in [1.82, 2.24) is 29.5 Å². The van der Waals surface area contributed by atoms with Gasteiger partial charge in [-0.05, 0) is 35.0 Å². The normalized spacial score (nSPS) is 11.6. The first-order chi connectivity index (χ1) is 13.0. The van der Waals surface area contributed by atoms with Gasteiger partial charge in [0.05, 0.1) is 29.8 Å². The summed E-state index contributed by atoms with van der Waals surface area (Å²) in [6.07, 6.45) is 1.21. The SMILES string of the molecule is Cc1nnc2nc(N(CC(F)F)c3ccnc(Br)c3)c3c(F)cncc3n12. The molecule has 0 N–H and O–H groups in total. The summed E-state index contributed by atoms with van der Waals surface area (Å²) in [7, 11) is 0. The van der Waals surface area contributed by atoms with Gasteiger partial charge in [-0.15, -0.1) is 10.2 Å². The molecular weight excluding hydrogens is 427 g/mol. The van der Waals surface area contributed by atoms with Gasteiger partial charge in [0.15, 0.2) is 5.82 Å². The van der Waals surface area contributed by atoms with Gasteiger partial charge in [0.2, 0.25) is 0 Å². The number of hydrogen-bond acceptors (Lipinski definition) is 6. The van der Waals surface area contributed by atoms with Crippen molar-refractivity contribution in [2.75, 3.05) is 11.4 Å². The number of aromatic nitrogens is 6. The second kappa shape index (κ2) is 6.72. The first kappa shape index (κ1) is 17.6. The number of anilines is 2. The van der Waals surface area contributed by atoms with Crippen molar-refractivity contribution in [3.05, 3.63) is 47.0 Å². The molecule has 0 fully saturated rings. The maximum Gasteiger partial charge on any atom is 0.257 e. The van der Waals surface area contributed by atoms with E-state index < -0.39 is 18.8 Å². The van der Waals surface area contributed by atoms with Crippen molar-refractivity contribution in [2.24, 2.45) is 0 Å². The van der Waals surface area contributed by atoms with E-state index in [4.69, 9.17) is 0 Å². The highest BCUT2D eigenvalue weighted by molar-refractivity contribution is 9.10. The van der Waals surface area contributed by atoms with Crippen molar-refractivity contribution >= 4 is 44.1 Å². The molecule has 0 unspecified atom stereocenters. The molecule has 0 atom stereocenters. The summed E-state index contributed by atoms with van der Waals surface area (Å²) < 4.78 is 43.4. The van der Waals surface area contributed by atoms with Gasteiger partial charge in [0, 0.05) is 11.9 Å². The minimum Gasteiger partial charge on any atom is -0.320 e. The van der Waals surface area contributed by atoms with Gasteiger partial charge in [-0.25, -0.2) is 18.2 Å². The van der Waals surface area contributed by atoms with Crippen LogP contribution in [0.15, 0.2) is 35.3 Å². The second-order valence-electron chi connectivity index (χ2n) is 5.67. The molecule has 0 aliphatic carbocycles. The third-order valence-corrected chi connectivity index (χ3v) is 4.39. The standard InChI is InChI=1S/C16H11BrF3N7/c1-8-24-25-16-23-15(14-10(18)5-21-6-11(14)27(8)16)26(7-13(19)20)9-2-3-22-12(17)4-9/h2-6,13H,7H2,1H3. The maximum absolute atomic E-state index is 14.7. The monoisotopic (exact) mass is 437 g/mol. The zero-order valence-electron chi connectivity index (χ0n) is 13.8. The van der Waals surface area contributed by atoms with Crippen molar-refractivity contribution < 1.29 is 13.2 Å². The van der Waals surface area contributed by atoms with Crippen molar-refractivity contribution in [2.45, 2.75) is 13.3 Å². The number of halogens is 4. The molecule has 4 aromatic rings. The van der Waals surface area contributed by atoms with E-state index in [-0.39, 0.29) is 17.0 Å². The van der Waals surface area contributed by atoms with Crippen LogP contribution in [0.4, 0.5) is 24.7 Å². The molecule has 0 aliphatic rings. The summed E-state index contributed by atoms with van der Waals surface area (Å²) in [5.41, 5.74) is 0.715. The van der Waals surface area contributed by atoms with Crippen LogP contribution < -0.4 is 4.90 Å². The smallest absolute Gasteiger partial charge is 0.257 e. The molecule has 0 saturated carbocycles. The van der Waals surface area contributed by atoms with Crippen LogP contribution in [0.1, 0.15) is 5.82 Å². The van der Waals surface area contributed by atoms with Gasteiger partial charge in [-0.3, -0.25) is 9.38 Å². The molecule has 4 heterocycles. The molecule has 0 bridgehead atoms. The molecule has 4 rings (SSSR count). The Morgan fingerprint density at radius 1 is 1.26 bits per heavy atom. The predicted octanol–water partition coefficient (Wildman–Crippen LogP) is 3.68. The largest absolute Gasteiger partial charge is 0.320 e. The van der Waals surface area contributed by atoms with Crippen LogP contribution in [0.5, 0.6) is 0 Å². The second-order valence-corrected chi connectivity index (χ2v) is 6.48. The van der Waals surface area contributed by atoms with E-state index >= 15 is 0 Å². The van der Waals surface area contributed by atoms with Crippen LogP contribution >= 0.6 is 15.9 Å². The molecule has 11 heteroatoms. The third-order valence-electron chi connectivity index (χ3n) is 3.96. The van der Waals surface area contributed by atoms with Gasteiger partial charge in [-0.1, -0.05) is 0 Å². The van der Waals surface area contributed by atoms with Gasteiger partial charge < -0.3 is 4.90 Å². The highest BCUT2D eigenvalue weighted by atomic mass is 79.9. The van der Waals surface area contributed by atoms with Crippen LogP contribution in [0.25, 0.3) is 16.7 Å². The summed E-state index contributed by atoms with van der Waals surface area (Å²) in [6.45, 7) is 0.992. The van der Waals surface area contributed by atoms with Crippen molar-refractivity contribution in [1.29, 1.82) is 0 Å². The lowest BCUT2D eigenvalue weighted by atomic mass is 10.2. The third kappa shape index (κ3) is 3.07. The minimum atomic E-state index is -2.69. The van der Waals surface area contributed by atoms with Gasteiger partial charge in [-0.2, -0.15) is 4.98 Å². The van der Waals surface area contributed by atoms with E-state index in [0.717, 1.165) is 6.20 Å². The zero-order valence-corrected chi connectivity index (χ0v) is 15.4. The lowest BCUT2D eigenvalue weighted by molar-refractivity contribution is 0.158. The predicted molar refractivity (Wildman–Crippen MR) is 95.7 cm³/mol. The van der Waals surface area contributed by atoms with Crippen LogP contribution in [-0.2, 0) is 0 Å². The van der Waals surface area contributed by atoms with E-state index in [1.807, 2.05) is 0 Å². The topological polar surface area (TPSA) is 72.1 Å². The Kier molecular flexibility index (Phi) is 4.38. The molecule has 0 amide bonds. The lowest BCUT2D eigenvalue weighted by Crippen LogP contribution is -2.25. The number of aryl methyl sites for hydroxylation is 1. The fraction of sp³-hybridized carbons (Fsp3) is 0.188. The van der Waals surface area contributed by atoms with Crippen LogP contribution in [0, 0.1) is 12.7 Å². The van der Waals surface area contributed by atoms with Crippen LogP contribution in [-0.4, -0.2) is 42.5 Å². The minimum absolute atomic E-state index is 0.00296. The van der Waals surface area contributed by atoms with E-state index in [1.165, 1.54) is 21.7 Å². The van der Waals surface area contributed by atoms with E-state index in [1.54, 1.807) is 19.1 Å². The van der Waals surface area contributed by atoms with Gasteiger partial charge >= 0.3 is 0 Å². The molecule has 138 valence electrons.